The Hall–Kier alpha value is -6.46. The lowest BCUT2D eigenvalue weighted by molar-refractivity contribution is 0.0526. The maximum atomic E-state index is 13.7. The predicted octanol–water partition coefficient (Wildman–Crippen LogP) is 11.8. The molecule has 2 aliphatic carbocycles. The van der Waals surface area contributed by atoms with Gasteiger partial charge >= 0.3 is 5.97 Å². The molecule has 274 valence electrons. The Morgan fingerprint density at radius 1 is 0.661 bits per heavy atom. The lowest BCUT2D eigenvalue weighted by atomic mass is 9.78. The average molecular weight is 730 g/mol. The summed E-state index contributed by atoms with van der Waals surface area (Å²) in [5.41, 5.74) is 13.4. The van der Waals surface area contributed by atoms with E-state index in [2.05, 4.69) is 122 Å². The number of carbonyl (C=O) groups excluding carboxylic acids is 2. The predicted molar refractivity (Wildman–Crippen MR) is 233 cm³/mol. The van der Waals surface area contributed by atoms with E-state index in [1.807, 2.05) is 73.7 Å². The second kappa shape index (κ2) is 15.4. The van der Waals surface area contributed by atoms with Crippen LogP contribution in [-0.4, -0.2) is 26.1 Å². The first-order valence-corrected chi connectivity index (χ1v) is 19.5. The summed E-state index contributed by atoms with van der Waals surface area (Å²) in [6, 6.07) is 48.2. The van der Waals surface area contributed by atoms with Crippen molar-refractivity contribution in [1.29, 1.82) is 0 Å². The first-order valence-electron chi connectivity index (χ1n) is 19.5. The van der Waals surface area contributed by atoms with Crippen LogP contribution in [0.5, 0.6) is 0 Å². The molecule has 4 nitrogen and oxygen atoms in total. The maximum absolute atomic E-state index is 13.7. The molecule has 0 amide bonds. The van der Waals surface area contributed by atoms with Crippen LogP contribution in [0.3, 0.4) is 0 Å². The Labute approximate surface area is 330 Å². The van der Waals surface area contributed by atoms with Gasteiger partial charge in [-0.2, -0.15) is 0 Å². The summed E-state index contributed by atoms with van der Waals surface area (Å²) in [4.78, 5) is 29.4. The van der Waals surface area contributed by atoms with Crippen molar-refractivity contribution in [3.8, 4) is 22.3 Å². The fourth-order valence-electron chi connectivity index (χ4n) is 8.36. The molecular formula is C51H44BNO3. The zero-order chi connectivity index (χ0) is 38.8. The molecule has 0 saturated carbocycles. The monoisotopic (exact) mass is 729 g/mol. The van der Waals surface area contributed by atoms with Gasteiger partial charge in [-0.05, 0) is 112 Å². The molecule has 2 aliphatic rings. The highest BCUT2D eigenvalue weighted by Crippen LogP contribution is 2.52. The van der Waals surface area contributed by atoms with Gasteiger partial charge in [-0.1, -0.05) is 135 Å². The van der Waals surface area contributed by atoms with Crippen LogP contribution in [0.15, 0.2) is 170 Å². The number of benzene rings is 6. The van der Waals surface area contributed by atoms with Crippen molar-refractivity contribution < 1.29 is 14.3 Å². The van der Waals surface area contributed by atoms with Gasteiger partial charge in [-0.3, -0.25) is 0 Å². The average Bonchev–Trinajstić information content (AvgIpc) is 3.35. The van der Waals surface area contributed by atoms with Gasteiger partial charge in [0.15, 0.2) is 7.85 Å². The molecule has 0 fully saturated rings. The molecule has 0 aliphatic heterocycles. The minimum absolute atomic E-state index is 0.00600. The van der Waals surface area contributed by atoms with Gasteiger partial charge in [0.05, 0.1) is 12.2 Å². The number of rotatable bonds is 10. The summed E-state index contributed by atoms with van der Waals surface area (Å²) >= 11 is 0. The summed E-state index contributed by atoms with van der Waals surface area (Å²) in [6.07, 6.45) is 11.3. The zero-order valence-electron chi connectivity index (χ0n) is 32.3. The maximum Gasteiger partial charge on any atom is 0.338 e. The van der Waals surface area contributed by atoms with Crippen molar-refractivity contribution in [2.24, 2.45) is 0 Å². The number of nitrogens with zero attached hydrogens (tertiary/aromatic N) is 1. The Morgan fingerprint density at radius 2 is 1.30 bits per heavy atom. The highest BCUT2D eigenvalue weighted by Gasteiger charge is 2.38. The van der Waals surface area contributed by atoms with Gasteiger partial charge in [0.25, 0.3) is 0 Å². The van der Waals surface area contributed by atoms with Gasteiger partial charge < -0.3 is 14.4 Å². The van der Waals surface area contributed by atoms with Crippen molar-refractivity contribution in [3.63, 3.8) is 0 Å². The SMILES string of the molecule is BC(=O)c1cc(C2=CC(c3ccccc3)C=CC=C2)c(C(=O)OCC)cc1-c1ccc(N(c2ccccc2)c2ccc3c(c2)C(C)(CC)c2ccccc2-3)cc1. The number of para-hydroxylation sites is 1. The molecule has 8 rings (SSSR count). The van der Waals surface area contributed by atoms with E-state index in [9.17, 15) is 9.59 Å². The highest BCUT2D eigenvalue weighted by atomic mass is 16.5. The number of hydrogen-bond donors (Lipinski definition) is 0. The van der Waals surface area contributed by atoms with Crippen molar-refractivity contribution in [2.75, 3.05) is 11.5 Å². The smallest absolute Gasteiger partial charge is 0.338 e. The van der Waals surface area contributed by atoms with Gasteiger partial charge in [0.1, 0.15) is 5.68 Å². The number of ether oxygens (including phenoxy) is 1. The number of allylic oxidation sites excluding steroid dienone is 6. The molecule has 0 N–H and O–H groups in total. The second-order valence-electron chi connectivity index (χ2n) is 14.7. The van der Waals surface area contributed by atoms with Gasteiger partial charge in [-0.15, -0.1) is 0 Å². The largest absolute Gasteiger partial charge is 0.462 e. The molecule has 2 unspecified atom stereocenters. The molecule has 0 bridgehead atoms. The van der Waals surface area contributed by atoms with E-state index < -0.39 is 5.97 Å². The lowest BCUT2D eigenvalue weighted by Crippen LogP contribution is -2.20. The molecule has 5 heteroatoms. The lowest BCUT2D eigenvalue weighted by Gasteiger charge is -2.29. The Morgan fingerprint density at radius 3 is 2.02 bits per heavy atom. The molecule has 0 heterocycles. The van der Waals surface area contributed by atoms with E-state index in [-0.39, 0.29) is 23.6 Å². The van der Waals surface area contributed by atoms with E-state index in [0.717, 1.165) is 40.2 Å². The van der Waals surface area contributed by atoms with Crippen LogP contribution in [0.2, 0.25) is 0 Å². The Balaban J connectivity index is 1.22. The van der Waals surface area contributed by atoms with Gasteiger partial charge in [-0.25, -0.2) is 4.79 Å². The van der Waals surface area contributed by atoms with Gasteiger partial charge in [0, 0.05) is 34.0 Å². The minimum atomic E-state index is -0.425. The van der Waals surface area contributed by atoms with Crippen molar-refractivity contribution in [3.05, 3.63) is 203 Å². The summed E-state index contributed by atoms with van der Waals surface area (Å²) in [5, 5.41) is 0. The van der Waals surface area contributed by atoms with E-state index in [4.69, 9.17) is 4.74 Å². The molecule has 0 spiro atoms. The van der Waals surface area contributed by atoms with E-state index in [1.165, 1.54) is 22.3 Å². The fourth-order valence-corrected chi connectivity index (χ4v) is 8.36. The van der Waals surface area contributed by atoms with E-state index in [0.29, 0.717) is 22.3 Å². The second-order valence-corrected chi connectivity index (χ2v) is 14.7. The number of carbonyl (C=O) groups is 2. The van der Waals surface area contributed by atoms with Crippen LogP contribution >= 0.6 is 0 Å². The van der Waals surface area contributed by atoms with Crippen LogP contribution in [0, 0.1) is 0 Å². The molecule has 6 aromatic rings. The van der Waals surface area contributed by atoms with E-state index >= 15 is 0 Å². The van der Waals surface area contributed by atoms with Crippen molar-refractivity contribution >= 4 is 42.1 Å². The molecule has 2 atom stereocenters. The highest BCUT2D eigenvalue weighted by molar-refractivity contribution is 6.63. The third kappa shape index (κ3) is 6.64. The topological polar surface area (TPSA) is 46.6 Å². The van der Waals surface area contributed by atoms with Crippen LogP contribution in [-0.2, 0) is 10.2 Å². The first-order chi connectivity index (χ1) is 27.3. The number of esters is 1. The molecule has 6 aromatic carbocycles. The fraction of sp³-hybridized carbons (Fsp3) is 0.137. The summed E-state index contributed by atoms with van der Waals surface area (Å²) in [5.74, 6) is -0.431. The van der Waals surface area contributed by atoms with Crippen molar-refractivity contribution in [1.82, 2.24) is 0 Å². The molecular weight excluding hydrogens is 685 g/mol. The summed E-state index contributed by atoms with van der Waals surface area (Å²) in [6.45, 7) is 6.67. The number of hydrogen-bond acceptors (Lipinski definition) is 4. The number of fused-ring (bicyclic) bond motifs is 3. The summed E-state index contributed by atoms with van der Waals surface area (Å²) < 4.78 is 5.62. The third-order valence-electron chi connectivity index (χ3n) is 11.4. The molecule has 56 heavy (non-hydrogen) atoms. The molecule has 0 aromatic heterocycles. The van der Waals surface area contributed by atoms with Crippen molar-refractivity contribution in [2.45, 2.75) is 38.5 Å². The van der Waals surface area contributed by atoms with Gasteiger partial charge in [0.2, 0.25) is 0 Å². The first kappa shape index (κ1) is 36.5. The summed E-state index contributed by atoms with van der Waals surface area (Å²) in [7, 11) is 1.58. The third-order valence-corrected chi connectivity index (χ3v) is 11.4. The standard InChI is InChI=1S/C51H44BNO3/c1-4-51(3)47-23-15-14-22-41(47)42-29-28-40(31-48(42)51)53(38-20-10-7-11-21-38)39-26-24-35(25-27-39)43-33-46(50(55)56-5-2)44(32-45(43)49(52)54)37-19-13-12-18-36(30-37)34-16-8-6-9-17-34/h6-33,36H,4-5,52H2,1-3H3. The number of anilines is 3. The Kier molecular flexibility index (Phi) is 10.0. The molecule has 0 radical (unpaired) electrons. The zero-order valence-corrected chi connectivity index (χ0v) is 32.3. The van der Waals surface area contributed by atoms with Crippen LogP contribution in [0.1, 0.15) is 76.1 Å². The quantitative estimate of drug-likeness (QED) is 0.104. The van der Waals surface area contributed by atoms with Crippen LogP contribution < -0.4 is 4.90 Å². The normalized spacial score (nSPS) is 16.7. The molecule has 0 saturated heterocycles. The van der Waals surface area contributed by atoms with Crippen LogP contribution in [0.25, 0.3) is 27.8 Å². The van der Waals surface area contributed by atoms with E-state index in [1.54, 1.807) is 7.85 Å². The van der Waals surface area contributed by atoms with Crippen LogP contribution in [0.4, 0.5) is 17.1 Å². The Bertz CT molecular complexity index is 2540. The minimum Gasteiger partial charge on any atom is -0.462 e.